The van der Waals surface area contributed by atoms with Gasteiger partial charge in [-0.25, -0.2) is 4.68 Å². The van der Waals surface area contributed by atoms with Crippen molar-refractivity contribution in [3.05, 3.63) is 9.26 Å². The minimum Gasteiger partial charge on any atom is -0.391 e. The fraction of sp³-hybridized carbons (Fsp3) is 0.800. The van der Waals surface area contributed by atoms with E-state index in [0.717, 1.165) is 47.2 Å². The molecule has 1 heterocycles. The van der Waals surface area contributed by atoms with Gasteiger partial charge in [-0.1, -0.05) is 40.0 Å². The predicted molar refractivity (Wildman–Crippen MR) is 90.6 cm³/mol. The number of aliphatic hydroxyl groups excluding tert-OH is 1. The highest BCUT2D eigenvalue weighted by atomic mass is 127. The van der Waals surface area contributed by atoms with Crippen molar-refractivity contribution >= 4 is 28.4 Å². The molecule has 1 aromatic rings. The van der Waals surface area contributed by atoms with E-state index in [0.29, 0.717) is 0 Å². The largest absolute Gasteiger partial charge is 0.391 e. The first-order valence-corrected chi connectivity index (χ1v) is 8.58. The lowest BCUT2D eigenvalue weighted by atomic mass is 9.91. The van der Waals surface area contributed by atoms with E-state index in [2.05, 4.69) is 43.4 Å². The summed E-state index contributed by atoms with van der Waals surface area (Å²) in [7, 11) is 0. The number of hydrogen-bond acceptors (Lipinski definition) is 3. The number of nitrogens with two attached hydrogens (primary N) is 1. The Morgan fingerprint density at radius 1 is 1.30 bits per heavy atom. The smallest absolute Gasteiger partial charge is 0.135 e. The zero-order chi connectivity index (χ0) is 14.9. The molecule has 0 radical (unpaired) electrons. The number of hydrogen-bond donors (Lipinski definition) is 2. The molecule has 0 spiro atoms. The van der Waals surface area contributed by atoms with Crippen molar-refractivity contribution in [1.29, 1.82) is 0 Å². The van der Waals surface area contributed by atoms with Crippen LogP contribution in [-0.4, -0.2) is 21.0 Å². The molecule has 0 aliphatic heterocycles. The van der Waals surface area contributed by atoms with Crippen molar-refractivity contribution in [2.24, 2.45) is 5.41 Å². The average Bonchev–Trinajstić information content (AvgIpc) is 2.54. The van der Waals surface area contributed by atoms with Gasteiger partial charge in [0.05, 0.1) is 21.4 Å². The van der Waals surface area contributed by atoms with Crippen molar-refractivity contribution < 1.29 is 5.11 Å². The summed E-state index contributed by atoms with van der Waals surface area (Å²) in [4.78, 5) is 0. The van der Waals surface area contributed by atoms with Gasteiger partial charge >= 0.3 is 0 Å². The van der Waals surface area contributed by atoms with Gasteiger partial charge in [-0.2, -0.15) is 5.10 Å². The van der Waals surface area contributed by atoms with Crippen LogP contribution in [0.25, 0.3) is 0 Å². The Morgan fingerprint density at radius 2 is 1.95 bits per heavy atom. The molecule has 2 unspecified atom stereocenters. The van der Waals surface area contributed by atoms with Gasteiger partial charge in [-0.05, 0) is 47.3 Å². The number of halogens is 1. The summed E-state index contributed by atoms with van der Waals surface area (Å²) >= 11 is 2.29. The first kappa shape index (κ1) is 16.1. The zero-order valence-corrected chi connectivity index (χ0v) is 14.9. The Hall–Kier alpha value is -0.300. The molecule has 0 aromatic carbocycles. The maximum absolute atomic E-state index is 10.3. The van der Waals surface area contributed by atoms with E-state index in [1.165, 1.54) is 6.42 Å². The molecule has 114 valence electrons. The first-order valence-electron chi connectivity index (χ1n) is 7.50. The summed E-state index contributed by atoms with van der Waals surface area (Å²) in [5, 5.41) is 15.1. The van der Waals surface area contributed by atoms with Crippen LogP contribution in [0.3, 0.4) is 0 Å². The Morgan fingerprint density at radius 3 is 2.60 bits per heavy atom. The topological polar surface area (TPSA) is 64.1 Å². The van der Waals surface area contributed by atoms with Gasteiger partial charge < -0.3 is 10.8 Å². The van der Waals surface area contributed by atoms with E-state index in [9.17, 15) is 5.11 Å². The highest BCUT2D eigenvalue weighted by Gasteiger charge is 2.28. The summed E-state index contributed by atoms with van der Waals surface area (Å²) in [5.41, 5.74) is 7.50. The van der Waals surface area contributed by atoms with Gasteiger partial charge in [-0.3, -0.25) is 0 Å². The van der Waals surface area contributed by atoms with Crippen molar-refractivity contribution in [2.45, 2.75) is 71.4 Å². The van der Waals surface area contributed by atoms with E-state index in [1.807, 2.05) is 4.68 Å². The van der Waals surface area contributed by atoms with Crippen LogP contribution < -0.4 is 5.73 Å². The molecule has 1 fully saturated rings. The van der Waals surface area contributed by atoms with Crippen LogP contribution in [0.15, 0.2) is 0 Å². The molecule has 1 saturated carbocycles. The highest BCUT2D eigenvalue weighted by molar-refractivity contribution is 14.1. The monoisotopic (exact) mass is 391 g/mol. The highest BCUT2D eigenvalue weighted by Crippen LogP contribution is 2.33. The van der Waals surface area contributed by atoms with Gasteiger partial charge in [0.2, 0.25) is 0 Å². The third kappa shape index (κ3) is 3.67. The molecule has 1 aliphatic carbocycles. The van der Waals surface area contributed by atoms with E-state index in [-0.39, 0.29) is 17.6 Å². The van der Waals surface area contributed by atoms with Crippen molar-refractivity contribution in [1.82, 2.24) is 9.78 Å². The molecule has 1 aromatic heterocycles. The van der Waals surface area contributed by atoms with Gasteiger partial charge in [0.1, 0.15) is 5.82 Å². The lowest BCUT2D eigenvalue weighted by Gasteiger charge is -2.22. The zero-order valence-electron chi connectivity index (χ0n) is 12.7. The number of aromatic nitrogens is 2. The van der Waals surface area contributed by atoms with Crippen LogP contribution >= 0.6 is 22.6 Å². The molecule has 4 nitrogen and oxygen atoms in total. The summed E-state index contributed by atoms with van der Waals surface area (Å²) in [5.74, 6) is 0.718. The number of aliphatic hydroxyl groups is 1. The summed E-state index contributed by atoms with van der Waals surface area (Å²) < 4.78 is 2.94. The molecule has 0 bridgehead atoms. The Bertz CT molecular complexity index is 464. The standard InChI is InChI=1S/C15H26IN3O/c1-15(2,3)9-10-13(16)14(17)19(18-10)11-7-5-4-6-8-12(11)20/h11-12,20H,4-9,17H2,1-3H3. The molecule has 0 saturated heterocycles. The van der Waals surface area contributed by atoms with E-state index in [1.54, 1.807) is 0 Å². The molecule has 20 heavy (non-hydrogen) atoms. The maximum Gasteiger partial charge on any atom is 0.135 e. The van der Waals surface area contributed by atoms with E-state index in [4.69, 9.17) is 10.8 Å². The van der Waals surface area contributed by atoms with Gasteiger partial charge in [0, 0.05) is 0 Å². The second-order valence-corrected chi connectivity index (χ2v) is 8.18. The second-order valence-electron chi connectivity index (χ2n) is 7.10. The Labute approximate surface area is 135 Å². The number of rotatable bonds is 2. The molecular weight excluding hydrogens is 365 g/mol. The Kier molecular flexibility index (Phi) is 5.00. The molecular formula is C15H26IN3O. The lowest BCUT2D eigenvalue weighted by molar-refractivity contribution is 0.0999. The Balaban J connectivity index is 2.29. The van der Waals surface area contributed by atoms with Crippen LogP contribution in [0, 0.1) is 8.99 Å². The van der Waals surface area contributed by atoms with Crippen molar-refractivity contribution in [3.63, 3.8) is 0 Å². The minimum atomic E-state index is -0.321. The van der Waals surface area contributed by atoms with Crippen LogP contribution in [0.5, 0.6) is 0 Å². The molecule has 1 aliphatic rings. The van der Waals surface area contributed by atoms with Crippen LogP contribution in [0.4, 0.5) is 5.82 Å². The van der Waals surface area contributed by atoms with Crippen molar-refractivity contribution in [3.8, 4) is 0 Å². The average molecular weight is 391 g/mol. The van der Waals surface area contributed by atoms with Crippen LogP contribution in [-0.2, 0) is 6.42 Å². The number of anilines is 1. The summed E-state index contributed by atoms with van der Waals surface area (Å²) in [6.45, 7) is 6.62. The van der Waals surface area contributed by atoms with E-state index < -0.39 is 0 Å². The summed E-state index contributed by atoms with van der Waals surface area (Å²) in [6, 6.07) is 0.0414. The van der Waals surface area contributed by atoms with Gasteiger partial charge in [0.25, 0.3) is 0 Å². The maximum atomic E-state index is 10.3. The third-order valence-electron chi connectivity index (χ3n) is 3.91. The van der Waals surface area contributed by atoms with Gasteiger partial charge in [-0.15, -0.1) is 0 Å². The molecule has 5 heteroatoms. The first-order chi connectivity index (χ1) is 9.29. The fourth-order valence-electron chi connectivity index (χ4n) is 2.90. The third-order valence-corrected chi connectivity index (χ3v) is 5.08. The predicted octanol–water partition coefficient (Wildman–Crippen LogP) is 3.52. The van der Waals surface area contributed by atoms with Crippen molar-refractivity contribution in [2.75, 3.05) is 5.73 Å². The normalized spacial score (nSPS) is 24.6. The van der Waals surface area contributed by atoms with Gasteiger partial charge in [0.15, 0.2) is 0 Å². The van der Waals surface area contributed by atoms with Crippen LogP contribution in [0.1, 0.15) is 64.6 Å². The lowest BCUT2D eigenvalue weighted by Crippen LogP contribution is -2.25. The fourth-order valence-corrected chi connectivity index (χ4v) is 3.44. The minimum absolute atomic E-state index is 0.0414. The molecule has 2 rings (SSSR count). The summed E-state index contributed by atoms with van der Waals surface area (Å²) in [6.07, 6.45) is 5.86. The molecule has 2 atom stereocenters. The molecule has 3 N–H and O–H groups in total. The van der Waals surface area contributed by atoms with Crippen LogP contribution in [0.2, 0.25) is 0 Å². The number of nitrogen functional groups attached to an aromatic ring is 1. The van der Waals surface area contributed by atoms with E-state index >= 15 is 0 Å². The second kappa shape index (κ2) is 6.22. The molecule has 0 amide bonds. The quantitative estimate of drug-likeness (QED) is 0.599. The SMILES string of the molecule is CC(C)(C)Cc1nn(C2CCCCCC2O)c(N)c1I. The number of nitrogens with zero attached hydrogens (tertiary/aromatic N) is 2.